The predicted octanol–water partition coefficient (Wildman–Crippen LogP) is 3.89. The first-order valence-corrected chi connectivity index (χ1v) is 7.30. The zero-order chi connectivity index (χ0) is 13.0. The van der Waals surface area contributed by atoms with Gasteiger partial charge in [0.2, 0.25) is 0 Å². The second-order valence-corrected chi connectivity index (χ2v) is 5.76. The molecule has 2 fully saturated rings. The van der Waals surface area contributed by atoms with Gasteiger partial charge in [0.25, 0.3) is 0 Å². The van der Waals surface area contributed by atoms with E-state index in [0.717, 1.165) is 25.8 Å². The third-order valence-corrected chi connectivity index (χ3v) is 4.02. The van der Waals surface area contributed by atoms with Crippen LogP contribution in [0.4, 0.5) is 4.79 Å². The van der Waals surface area contributed by atoms with Gasteiger partial charge in [0.1, 0.15) is 5.60 Å². The molecule has 0 spiro atoms. The number of likely N-dealkylation sites (N-methyl/N-ethyl adjacent to an activating group) is 1. The van der Waals surface area contributed by atoms with Crippen LogP contribution in [0.1, 0.15) is 58.3 Å². The Hall–Kier alpha value is -0.990. The third kappa shape index (κ3) is 3.06. The SMILES string of the molecule is CCCCC1(C=C2CCCCC2)CN(C)C(=O)O1. The molecule has 0 bridgehead atoms. The Bertz CT molecular complexity index is 329. The molecule has 1 saturated heterocycles. The van der Waals surface area contributed by atoms with Crippen LogP contribution in [0.3, 0.4) is 0 Å². The molecule has 1 saturated carbocycles. The largest absolute Gasteiger partial charge is 0.437 e. The van der Waals surface area contributed by atoms with E-state index >= 15 is 0 Å². The minimum absolute atomic E-state index is 0.168. The van der Waals surface area contributed by atoms with Crippen molar-refractivity contribution in [2.45, 2.75) is 63.9 Å². The van der Waals surface area contributed by atoms with Crippen LogP contribution in [-0.2, 0) is 4.74 Å². The van der Waals surface area contributed by atoms with E-state index in [0.29, 0.717) is 0 Å². The van der Waals surface area contributed by atoms with Gasteiger partial charge in [0.05, 0.1) is 6.54 Å². The molecule has 0 N–H and O–H groups in total. The summed E-state index contributed by atoms with van der Waals surface area (Å²) in [6.45, 7) is 2.90. The Morgan fingerprint density at radius 1 is 1.33 bits per heavy atom. The van der Waals surface area contributed by atoms with Crippen molar-refractivity contribution in [3.63, 3.8) is 0 Å². The molecular formula is C15H25NO2. The summed E-state index contributed by atoms with van der Waals surface area (Å²) in [7, 11) is 1.83. The summed E-state index contributed by atoms with van der Waals surface area (Å²) in [6.07, 6.45) is 11.6. The van der Waals surface area contributed by atoms with Crippen molar-refractivity contribution < 1.29 is 9.53 Å². The smallest absolute Gasteiger partial charge is 0.410 e. The van der Waals surface area contributed by atoms with E-state index < -0.39 is 0 Å². The number of cyclic esters (lactones) is 1. The van der Waals surface area contributed by atoms with Crippen LogP contribution >= 0.6 is 0 Å². The summed E-state index contributed by atoms with van der Waals surface area (Å²) < 4.78 is 5.68. The predicted molar refractivity (Wildman–Crippen MR) is 72.5 cm³/mol. The van der Waals surface area contributed by atoms with Gasteiger partial charge in [-0.1, -0.05) is 25.3 Å². The summed E-state index contributed by atoms with van der Waals surface area (Å²) in [4.78, 5) is 13.4. The number of ether oxygens (including phenoxy) is 1. The van der Waals surface area contributed by atoms with Gasteiger partial charge in [-0.25, -0.2) is 4.79 Å². The molecule has 2 aliphatic rings. The van der Waals surface area contributed by atoms with Crippen molar-refractivity contribution in [1.82, 2.24) is 4.90 Å². The maximum Gasteiger partial charge on any atom is 0.410 e. The highest BCUT2D eigenvalue weighted by Crippen LogP contribution is 2.33. The Morgan fingerprint density at radius 3 is 2.61 bits per heavy atom. The van der Waals surface area contributed by atoms with Gasteiger partial charge in [-0.15, -0.1) is 0 Å². The monoisotopic (exact) mass is 251 g/mol. The van der Waals surface area contributed by atoms with E-state index in [4.69, 9.17) is 4.74 Å². The van der Waals surface area contributed by atoms with Crippen molar-refractivity contribution in [3.8, 4) is 0 Å². The molecule has 0 radical (unpaired) electrons. The molecule has 3 heteroatoms. The van der Waals surface area contributed by atoms with Gasteiger partial charge < -0.3 is 9.64 Å². The summed E-state index contributed by atoms with van der Waals surface area (Å²) in [5.41, 5.74) is 1.16. The molecule has 1 unspecified atom stereocenters. The second kappa shape index (κ2) is 5.77. The second-order valence-electron chi connectivity index (χ2n) is 5.76. The van der Waals surface area contributed by atoms with Gasteiger partial charge >= 0.3 is 6.09 Å². The lowest BCUT2D eigenvalue weighted by atomic mass is 9.88. The van der Waals surface area contributed by atoms with Gasteiger partial charge in [-0.2, -0.15) is 0 Å². The van der Waals surface area contributed by atoms with Crippen LogP contribution in [0.2, 0.25) is 0 Å². The summed E-state index contributed by atoms with van der Waals surface area (Å²) >= 11 is 0. The summed E-state index contributed by atoms with van der Waals surface area (Å²) in [5.74, 6) is 0. The van der Waals surface area contributed by atoms with Crippen molar-refractivity contribution in [2.75, 3.05) is 13.6 Å². The molecule has 1 amide bonds. The standard InChI is InChI=1S/C15H25NO2/c1-3-4-10-15(12-16(2)14(17)18-15)11-13-8-6-5-7-9-13/h11H,3-10,12H2,1-2H3. The average molecular weight is 251 g/mol. The lowest BCUT2D eigenvalue weighted by Gasteiger charge is -2.26. The molecule has 1 aliphatic carbocycles. The molecule has 2 rings (SSSR count). The highest BCUT2D eigenvalue weighted by atomic mass is 16.6. The normalized spacial score (nSPS) is 28.4. The average Bonchev–Trinajstić information content (AvgIpc) is 2.64. The van der Waals surface area contributed by atoms with Crippen LogP contribution in [0.15, 0.2) is 11.6 Å². The number of nitrogens with zero attached hydrogens (tertiary/aromatic N) is 1. The molecule has 18 heavy (non-hydrogen) atoms. The zero-order valence-corrected chi connectivity index (χ0v) is 11.7. The lowest BCUT2D eigenvalue weighted by Crippen LogP contribution is -2.32. The summed E-state index contributed by atoms with van der Waals surface area (Å²) in [5, 5.41) is 0. The first-order valence-electron chi connectivity index (χ1n) is 7.30. The maximum absolute atomic E-state index is 11.7. The van der Waals surface area contributed by atoms with E-state index in [9.17, 15) is 4.79 Å². The number of hydrogen-bond acceptors (Lipinski definition) is 2. The van der Waals surface area contributed by atoms with Crippen molar-refractivity contribution in [3.05, 3.63) is 11.6 Å². The highest BCUT2D eigenvalue weighted by Gasteiger charge is 2.41. The van der Waals surface area contributed by atoms with E-state index in [1.165, 1.54) is 37.7 Å². The van der Waals surface area contributed by atoms with E-state index in [-0.39, 0.29) is 11.7 Å². The molecular weight excluding hydrogens is 226 g/mol. The van der Waals surface area contributed by atoms with E-state index in [2.05, 4.69) is 13.0 Å². The van der Waals surface area contributed by atoms with Crippen molar-refractivity contribution in [1.29, 1.82) is 0 Å². The molecule has 0 aromatic heterocycles. The fourth-order valence-corrected chi connectivity index (χ4v) is 3.03. The number of hydrogen-bond donors (Lipinski definition) is 0. The highest BCUT2D eigenvalue weighted by molar-refractivity contribution is 5.70. The molecule has 1 aliphatic heterocycles. The van der Waals surface area contributed by atoms with Crippen LogP contribution in [0.5, 0.6) is 0 Å². The van der Waals surface area contributed by atoms with Gasteiger partial charge in [0.15, 0.2) is 0 Å². The van der Waals surface area contributed by atoms with E-state index in [1.807, 2.05) is 7.05 Å². The Labute approximate surface area is 110 Å². The van der Waals surface area contributed by atoms with Gasteiger partial charge in [0, 0.05) is 7.05 Å². The quantitative estimate of drug-likeness (QED) is 0.709. The van der Waals surface area contributed by atoms with Crippen LogP contribution < -0.4 is 0 Å². The number of carbonyl (C=O) groups excluding carboxylic acids is 1. The number of allylic oxidation sites excluding steroid dienone is 1. The number of amides is 1. The Morgan fingerprint density at radius 2 is 2.06 bits per heavy atom. The number of rotatable bonds is 4. The lowest BCUT2D eigenvalue weighted by molar-refractivity contribution is 0.0838. The molecule has 3 nitrogen and oxygen atoms in total. The van der Waals surface area contributed by atoms with Gasteiger partial charge in [-0.05, 0) is 44.6 Å². The van der Waals surface area contributed by atoms with Crippen molar-refractivity contribution in [2.24, 2.45) is 0 Å². The van der Waals surface area contributed by atoms with Crippen LogP contribution in [-0.4, -0.2) is 30.2 Å². The van der Waals surface area contributed by atoms with E-state index in [1.54, 1.807) is 4.90 Å². The maximum atomic E-state index is 11.7. The number of unbranched alkanes of at least 4 members (excludes halogenated alkanes) is 1. The fraction of sp³-hybridized carbons (Fsp3) is 0.800. The Balaban J connectivity index is 2.12. The van der Waals surface area contributed by atoms with Crippen molar-refractivity contribution >= 4 is 6.09 Å². The third-order valence-electron chi connectivity index (χ3n) is 4.02. The first kappa shape index (κ1) is 13.4. The molecule has 0 aromatic carbocycles. The zero-order valence-electron chi connectivity index (χ0n) is 11.7. The van der Waals surface area contributed by atoms with Gasteiger partial charge in [-0.3, -0.25) is 0 Å². The first-order chi connectivity index (χ1) is 8.65. The molecule has 1 heterocycles. The molecule has 1 atom stereocenters. The van der Waals surface area contributed by atoms with Crippen LogP contribution in [0, 0.1) is 0 Å². The topological polar surface area (TPSA) is 29.5 Å². The summed E-state index contributed by atoms with van der Waals surface area (Å²) in [6, 6.07) is 0. The minimum Gasteiger partial charge on any atom is -0.437 e. The van der Waals surface area contributed by atoms with Crippen LogP contribution in [0.25, 0.3) is 0 Å². The Kier molecular flexibility index (Phi) is 4.31. The molecule has 0 aromatic rings. The minimum atomic E-state index is -0.339. The number of carbonyl (C=O) groups is 1. The molecule has 102 valence electrons. The fourth-order valence-electron chi connectivity index (χ4n) is 3.03.